The quantitative estimate of drug-likeness (QED) is 0.692. The summed E-state index contributed by atoms with van der Waals surface area (Å²) in [5, 5.41) is -0.601. The van der Waals surface area contributed by atoms with Crippen molar-refractivity contribution in [2.45, 2.75) is 32.4 Å². The molecule has 1 radical (unpaired) electrons. The topological polar surface area (TPSA) is 25.8 Å². The van der Waals surface area contributed by atoms with Crippen LogP contribution in [0.2, 0.25) is 5.02 Å². The SMILES string of the molecule is CC(C)(C)c1n[c]c(Cl)c(C(F)(F)F)n1. The lowest BCUT2D eigenvalue weighted by molar-refractivity contribution is -0.141. The summed E-state index contributed by atoms with van der Waals surface area (Å²) in [6, 6.07) is 0. The monoisotopic (exact) mass is 237 g/mol. The highest BCUT2D eigenvalue weighted by molar-refractivity contribution is 6.31. The van der Waals surface area contributed by atoms with Gasteiger partial charge in [-0.05, 0) is 0 Å². The fourth-order valence-electron chi connectivity index (χ4n) is 0.858. The maximum Gasteiger partial charge on any atom is 0.434 e. The van der Waals surface area contributed by atoms with Gasteiger partial charge in [-0.2, -0.15) is 13.2 Å². The van der Waals surface area contributed by atoms with Crippen molar-refractivity contribution in [3.05, 3.63) is 22.7 Å². The van der Waals surface area contributed by atoms with Crippen molar-refractivity contribution >= 4 is 11.6 Å². The molecule has 0 aliphatic rings. The summed E-state index contributed by atoms with van der Waals surface area (Å²) in [4.78, 5) is 7.07. The van der Waals surface area contributed by atoms with E-state index in [1.165, 1.54) is 0 Å². The second-order valence-corrected chi connectivity index (χ2v) is 4.45. The molecule has 0 spiro atoms. The van der Waals surface area contributed by atoms with Gasteiger partial charge in [0.2, 0.25) is 0 Å². The molecule has 0 aliphatic heterocycles. The maximum atomic E-state index is 12.4. The Morgan fingerprint density at radius 2 is 1.73 bits per heavy atom. The van der Waals surface area contributed by atoms with Gasteiger partial charge in [0.25, 0.3) is 0 Å². The summed E-state index contributed by atoms with van der Waals surface area (Å²) in [6.07, 6.45) is -2.46. The molecule has 0 N–H and O–H groups in total. The highest BCUT2D eigenvalue weighted by atomic mass is 35.5. The fraction of sp³-hybridized carbons (Fsp3) is 0.556. The summed E-state index contributed by atoms with van der Waals surface area (Å²) < 4.78 is 37.3. The molecule has 1 aromatic rings. The molecule has 0 amide bonds. The Balaban J connectivity index is 3.30. The zero-order chi connectivity index (χ0) is 11.9. The number of rotatable bonds is 0. The molecule has 0 atom stereocenters. The Morgan fingerprint density at radius 3 is 2.13 bits per heavy atom. The van der Waals surface area contributed by atoms with Crippen molar-refractivity contribution in [2.75, 3.05) is 0 Å². The van der Waals surface area contributed by atoms with Crippen LogP contribution in [-0.4, -0.2) is 9.97 Å². The highest BCUT2D eigenvalue weighted by Crippen LogP contribution is 2.33. The van der Waals surface area contributed by atoms with Gasteiger partial charge < -0.3 is 0 Å². The molecule has 0 saturated heterocycles. The van der Waals surface area contributed by atoms with Gasteiger partial charge in [0.05, 0.1) is 5.02 Å². The predicted molar refractivity (Wildman–Crippen MR) is 49.6 cm³/mol. The number of hydrogen-bond acceptors (Lipinski definition) is 2. The summed E-state index contributed by atoms with van der Waals surface area (Å²) in [5.41, 5.74) is -1.70. The minimum absolute atomic E-state index is 0.0687. The lowest BCUT2D eigenvalue weighted by Crippen LogP contribution is -2.20. The van der Waals surface area contributed by atoms with Gasteiger partial charge in [0.15, 0.2) is 5.69 Å². The summed E-state index contributed by atoms with van der Waals surface area (Å²) >= 11 is 5.33. The molecule has 0 bridgehead atoms. The van der Waals surface area contributed by atoms with Gasteiger partial charge in [-0.1, -0.05) is 32.4 Å². The minimum atomic E-state index is -4.57. The van der Waals surface area contributed by atoms with Crippen molar-refractivity contribution in [3.8, 4) is 0 Å². The third-order valence-electron chi connectivity index (χ3n) is 1.62. The maximum absolute atomic E-state index is 12.4. The Bertz CT molecular complexity index is 369. The molecule has 1 rings (SSSR count). The molecule has 0 unspecified atom stereocenters. The molecular weight excluding hydrogens is 229 g/mol. The Morgan fingerprint density at radius 1 is 1.20 bits per heavy atom. The van der Waals surface area contributed by atoms with Gasteiger partial charge in [0.1, 0.15) is 12.0 Å². The molecule has 2 nitrogen and oxygen atoms in total. The Labute approximate surface area is 90.5 Å². The molecular formula is C9H9ClF3N2. The first-order valence-corrected chi connectivity index (χ1v) is 4.53. The van der Waals surface area contributed by atoms with Crippen LogP contribution >= 0.6 is 11.6 Å². The van der Waals surface area contributed by atoms with Crippen LogP contribution in [0.25, 0.3) is 0 Å². The molecule has 0 fully saturated rings. The Kier molecular flexibility index (Phi) is 2.96. The van der Waals surface area contributed by atoms with E-state index in [2.05, 4.69) is 16.2 Å². The van der Waals surface area contributed by atoms with Crippen LogP contribution in [0.5, 0.6) is 0 Å². The third kappa shape index (κ3) is 2.81. The Hall–Kier alpha value is -0.840. The van der Waals surface area contributed by atoms with Crippen LogP contribution < -0.4 is 0 Å². The molecule has 0 aliphatic carbocycles. The average molecular weight is 238 g/mol. The van der Waals surface area contributed by atoms with Crippen molar-refractivity contribution < 1.29 is 13.2 Å². The smallest absolute Gasteiger partial charge is 0.229 e. The number of nitrogens with zero attached hydrogens (tertiary/aromatic N) is 2. The number of hydrogen-bond donors (Lipinski definition) is 0. The largest absolute Gasteiger partial charge is 0.434 e. The lowest BCUT2D eigenvalue weighted by Gasteiger charge is -2.17. The van der Waals surface area contributed by atoms with Crippen LogP contribution in [-0.2, 0) is 11.6 Å². The van der Waals surface area contributed by atoms with E-state index in [1.807, 2.05) is 0 Å². The predicted octanol–water partition coefficient (Wildman–Crippen LogP) is 3.25. The molecule has 15 heavy (non-hydrogen) atoms. The van der Waals surface area contributed by atoms with Crippen LogP contribution in [0.3, 0.4) is 0 Å². The first kappa shape index (κ1) is 12.2. The molecule has 83 valence electrons. The summed E-state index contributed by atoms with van der Waals surface area (Å²) in [6.45, 7) is 5.14. The molecule has 1 aromatic heterocycles. The van der Waals surface area contributed by atoms with E-state index >= 15 is 0 Å². The fourth-order valence-corrected chi connectivity index (χ4v) is 1.05. The van der Waals surface area contributed by atoms with Crippen LogP contribution in [0.15, 0.2) is 0 Å². The van der Waals surface area contributed by atoms with E-state index in [-0.39, 0.29) is 5.82 Å². The number of halogens is 4. The van der Waals surface area contributed by atoms with E-state index in [0.29, 0.717) is 0 Å². The molecule has 1 heterocycles. The van der Waals surface area contributed by atoms with E-state index in [0.717, 1.165) is 0 Å². The second-order valence-electron chi connectivity index (χ2n) is 4.07. The van der Waals surface area contributed by atoms with Gasteiger partial charge in [-0.3, -0.25) is 0 Å². The standard InChI is InChI=1S/C9H9ClF3N2/c1-8(2,3)7-14-4-5(10)6(15-7)9(11,12)13/h1-3H3. The molecule has 0 saturated carbocycles. The van der Waals surface area contributed by atoms with E-state index in [9.17, 15) is 13.2 Å². The van der Waals surface area contributed by atoms with Crippen molar-refractivity contribution in [2.24, 2.45) is 0 Å². The van der Waals surface area contributed by atoms with Crippen LogP contribution in [0.4, 0.5) is 13.2 Å². The third-order valence-corrected chi connectivity index (χ3v) is 1.89. The van der Waals surface area contributed by atoms with E-state index < -0.39 is 22.3 Å². The van der Waals surface area contributed by atoms with Gasteiger partial charge in [0, 0.05) is 5.41 Å². The second kappa shape index (κ2) is 3.63. The first-order valence-electron chi connectivity index (χ1n) is 4.15. The van der Waals surface area contributed by atoms with Crippen molar-refractivity contribution in [1.82, 2.24) is 9.97 Å². The minimum Gasteiger partial charge on any atom is -0.229 e. The average Bonchev–Trinajstić information content (AvgIpc) is 2.00. The number of aromatic nitrogens is 2. The molecule has 6 heteroatoms. The van der Waals surface area contributed by atoms with Crippen molar-refractivity contribution in [1.29, 1.82) is 0 Å². The molecule has 0 aromatic carbocycles. The van der Waals surface area contributed by atoms with E-state index in [4.69, 9.17) is 11.6 Å². The summed E-state index contributed by atoms with van der Waals surface area (Å²) in [5.74, 6) is 0.0687. The van der Waals surface area contributed by atoms with Crippen molar-refractivity contribution in [3.63, 3.8) is 0 Å². The highest BCUT2D eigenvalue weighted by Gasteiger charge is 2.37. The van der Waals surface area contributed by atoms with Crippen LogP contribution in [0, 0.1) is 6.20 Å². The van der Waals surface area contributed by atoms with Gasteiger partial charge in [-0.25, -0.2) is 9.97 Å². The van der Waals surface area contributed by atoms with Gasteiger partial charge in [-0.15, -0.1) is 0 Å². The number of alkyl halides is 3. The lowest BCUT2D eigenvalue weighted by atomic mass is 9.95. The summed E-state index contributed by atoms with van der Waals surface area (Å²) in [7, 11) is 0. The van der Waals surface area contributed by atoms with Gasteiger partial charge >= 0.3 is 6.18 Å². The zero-order valence-electron chi connectivity index (χ0n) is 8.41. The normalized spacial score (nSPS) is 13.0. The first-order chi connectivity index (χ1) is 6.62. The van der Waals surface area contributed by atoms with E-state index in [1.54, 1.807) is 20.8 Å². The van der Waals surface area contributed by atoms with Crippen LogP contribution in [0.1, 0.15) is 32.3 Å². The zero-order valence-corrected chi connectivity index (χ0v) is 9.16.